The second-order valence-corrected chi connectivity index (χ2v) is 6.07. The average Bonchev–Trinajstić information content (AvgIpc) is 2.37. The van der Waals surface area contributed by atoms with Crippen LogP contribution in [0.3, 0.4) is 0 Å². The Morgan fingerprint density at radius 1 is 1.33 bits per heavy atom. The zero-order chi connectivity index (χ0) is 13.0. The van der Waals surface area contributed by atoms with Crippen molar-refractivity contribution in [3.05, 3.63) is 52.9 Å². The minimum Gasteiger partial charge on any atom is -0.327 e. The Bertz CT molecular complexity index is 505. The molecule has 0 aliphatic heterocycles. The Morgan fingerprint density at radius 2 is 2.17 bits per heavy atom. The van der Waals surface area contributed by atoms with E-state index in [9.17, 15) is 0 Å². The number of aromatic nitrogens is 2. The molecule has 0 saturated heterocycles. The number of hydrogen-bond acceptors (Lipinski definition) is 4. The molecule has 0 saturated carbocycles. The molecule has 2 aromatic rings. The van der Waals surface area contributed by atoms with Crippen molar-refractivity contribution in [2.45, 2.75) is 23.2 Å². The molecular formula is C13H14BrN3S. The smallest absolute Gasteiger partial charge is 0.115 e. The molecule has 1 aromatic heterocycles. The molecule has 1 heterocycles. The molecule has 2 atom stereocenters. The molecule has 94 valence electrons. The van der Waals surface area contributed by atoms with Gasteiger partial charge in [0.25, 0.3) is 0 Å². The van der Waals surface area contributed by atoms with Crippen molar-refractivity contribution in [2.24, 2.45) is 5.73 Å². The third-order valence-corrected chi connectivity index (χ3v) is 4.34. The lowest BCUT2D eigenvalue weighted by Gasteiger charge is -2.20. The predicted octanol–water partition coefficient (Wildman–Crippen LogP) is 3.42. The van der Waals surface area contributed by atoms with Crippen molar-refractivity contribution in [1.29, 1.82) is 0 Å². The van der Waals surface area contributed by atoms with Gasteiger partial charge in [-0.15, -0.1) is 0 Å². The standard InChI is InChI=1S/C13H14BrN3S/c1-9(15)13(10-3-2-4-11(14)7-10)18-12-8-16-5-6-17-12/h2-9,13H,15H2,1H3. The summed E-state index contributed by atoms with van der Waals surface area (Å²) in [6.45, 7) is 2.01. The molecule has 2 unspecified atom stereocenters. The minimum atomic E-state index is 0.0336. The Kier molecular flexibility index (Phi) is 4.74. The number of benzene rings is 1. The Labute approximate surface area is 119 Å². The number of nitrogens with zero attached hydrogens (tertiary/aromatic N) is 2. The lowest BCUT2D eigenvalue weighted by Crippen LogP contribution is -2.22. The third kappa shape index (κ3) is 3.54. The fourth-order valence-electron chi connectivity index (χ4n) is 1.64. The fraction of sp³-hybridized carbons (Fsp3) is 0.231. The molecule has 0 spiro atoms. The maximum absolute atomic E-state index is 6.08. The molecule has 1 aromatic carbocycles. The van der Waals surface area contributed by atoms with Crippen LogP contribution in [-0.4, -0.2) is 16.0 Å². The summed E-state index contributed by atoms with van der Waals surface area (Å²) in [5.41, 5.74) is 7.27. The summed E-state index contributed by atoms with van der Waals surface area (Å²) >= 11 is 5.13. The summed E-state index contributed by atoms with van der Waals surface area (Å²) in [4.78, 5) is 8.36. The summed E-state index contributed by atoms with van der Waals surface area (Å²) in [5, 5.41) is 1.05. The van der Waals surface area contributed by atoms with Crippen LogP contribution in [0.5, 0.6) is 0 Å². The molecule has 2 rings (SSSR count). The number of nitrogens with two attached hydrogens (primary N) is 1. The van der Waals surface area contributed by atoms with Crippen molar-refractivity contribution >= 4 is 27.7 Å². The van der Waals surface area contributed by atoms with Gasteiger partial charge >= 0.3 is 0 Å². The molecule has 0 aliphatic carbocycles. The van der Waals surface area contributed by atoms with Gasteiger partial charge in [0.1, 0.15) is 5.03 Å². The van der Waals surface area contributed by atoms with Crippen LogP contribution in [0, 0.1) is 0 Å². The Morgan fingerprint density at radius 3 is 2.78 bits per heavy atom. The highest BCUT2D eigenvalue weighted by molar-refractivity contribution is 9.10. The quantitative estimate of drug-likeness (QED) is 0.876. The molecule has 0 amide bonds. The van der Waals surface area contributed by atoms with Crippen LogP contribution in [0.4, 0.5) is 0 Å². The van der Waals surface area contributed by atoms with Crippen molar-refractivity contribution in [1.82, 2.24) is 9.97 Å². The number of thioether (sulfide) groups is 1. The molecule has 3 nitrogen and oxygen atoms in total. The average molecular weight is 324 g/mol. The molecule has 0 aliphatic rings. The minimum absolute atomic E-state index is 0.0336. The van der Waals surface area contributed by atoms with E-state index < -0.39 is 0 Å². The van der Waals surface area contributed by atoms with Gasteiger partial charge in [-0.2, -0.15) is 0 Å². The van der Waals surface area contributed by atoms with Gasteiger partial charge in [-0.1, -0.05) is 39.8 Å². The van der Waals surface area contributed by atoms with Gasteiger partial charge in [0.2, 0.25) is 0 Å². The van der Waals surface area contributed by atoms with Crippen molar-refractivity contribution < 1.29 is 0 Å². The maximum Gasteiger partial charge on any atom is 0.115 e. The molecule has 18 heavy (non-hydrogen) atoms. The second kappa shape index (κ2) is 6.31. The van der Waals surface area contributed by atoms with Crippen molar-refractivity contribution in [3.63, 3.8) is 0 Å². The van der Waals surface area contributed by atoms with Crippen molar-refractivity contribution in [2.75, 3.05) is 0 Å². The van der Waals surface area contributed by atoms with Gasteiger partial charge in [0.15, 0.2) is 0 Å². The van der Waals surface area contributed by atoms with E-state index in [4.69, 9.17) is 5.73 Å². The first-order valence-corrected chi connectivity index (χ1v) is 7.28. The Hall–Kier alpha value is -0.910. The summed E-state index contributed by atoms with van der Waals surface area (Å²) in [5.74, 6) is 0. The maximum atomic E-state index is 6.08. The van der Waals surface area contributed by atoms with Gasteiger partial charge in [0, 0.05) is 22.9 Å². The van der Waals surface area contributed by atoms with E-state index in [1.165, 1.54) is 5.56 Å². The molecule has 0 bridgehead atoms. The zero-order valence-corrected chi connectivity index (χ0v) is 12.4. The largest absolute Gasteiger partial charge is 0.327 e. The van der Waals surface area contributed by atoms with Crippen LogP contribution in [0.15, 0.2) is 52.4 Å². The van der Waals surface area contributed by atoms with Crippen LogP contribution in [0.1, 0.15) is 17.7 Å². The van der Waals surface area contributed by atoms with E-state index >= 15 is 0 Å². The van der Waals surface area contributed by atoms with Gasteiger partial charge in [-0.25, -0.2) is 4.98 Å². The highest BCUT2D eigenvalue weighted by Gasteiger charge is 2.18. The third-order valence-electron chi connectivity index (χ3n) is 2.44. The topological polar surface area (TPSA) is 51.8 Å². The van der Waals surface area contributed by atoms with E-state index in [0.29, 0.717) is 0 Å². The van der Waals surface area contributed by atoms with Gasteiger partial charge < -0.3 is 5.73 Å². The first-order valence-electron chi connectivity index (χ1n) is 5.60. The van der Waals surface area contributed by atoms with Gasteiger partial charge in [0.05, 0.1) is 11.4 Å². The summed E-state index contributed by atoms with van der Waals surface area (Å²) in [7, 11) is 0. The van der Waals surface area contributed by atoms with Crippen molar-refractivity contribution in [3.8, 4) is 0 Å². The van der Waals surface area contributed by atoms with Crippen LogP contribution in [0.2, 0.25) is 0 Å². The number of halogens is 1. The molecular weight excluding hydrogens is 310 g/mol. The Balaban J connectivity index is 2.24. The van der Waals surface area contributed by atoms with Gasteiger partial charge in [-0.05, 0) is 24.6 Å². The second-order valence-electron chi connectivity index (χ2n) is 4.00. The SMILES string of the molecule is CC(N)C(Sc1cnccn1)c1cccc(Br)c1. The van der Waals surface area contributed by atoms with E-state index in [1.54, 1.807) is 30.4 Å². The lowest BCUT2D eigenvalue weighted by molar-refractivity contribution is 0.719. The van der Waals surface area contributed by atoms with E-state index in [-0.39, 0.29) is 11.3 Å². The monoisotopic (exact) mass is 323 g/mol. The zero-order valence-electron chi connectivity index (χ0n) is 9.95. The van der Waals surface area contributed by atoms with E-state index in [0.717, 1.165) is 9.50 Å². The summed E-state index contributed by atoms with van der Waals surface area (Å²) < 4.78 is 1.06. The normalized spacial score (nSPS) is 14.2. The summed E-state index contributed by atoms with van der Waals surface area (Å²) in [6, 6.07) is 8.24. The lowest BCUT2D eigenvalue weighted by atomic mass is 10.1. The highest BCUT2D eigenvalue weighted by atomic mass is 79.9. The first-order chi connectivity index (χ1) is 8.66. The van der Waals surface area contributed by atoms with E-state index in [2.05, 4.69) is 38.0 Å². The van der Waals surface area contributed by atoms with Crippen LogP contribution in [0.25, 0.3) is 0 Å². The van der Waals surface area contributed by atoms with E-state index in [1.807, 2.05) is 19.1 Å². The van der Waals surface area contributed by atoms with Crippen LogP contribution < -0.4 is 5.73 Å². The number of hydrogen-bond donors (Lipinski definition) is 1. The molecule has 5 heteroatoms. The van der Waals surface area contributed by atoms with Gasteiger partial charge in [-0.3, -0.25) is 4.98 Å². The molecule has 0 radical (unpaired) electrons. The van der Waals surface area contributed by atoms with Crippen LogP contribution in [-0.2, 0) is 0 Å². The first kappa shape index (κ1) is 13.5. The van der Waals surface area contributed by atoms with Crippen LogP contribution >= 0.6 is 27.7 Å². The highest BCUT2D eigenvalue weighted by Crippen LogP contribution is 2.36. The number of rotatable bonds is 4. The summed E-state index contributed by atoms with van der Waals surface area (Å²) in [6.07, 6.45) is 5.13. The molecule has 2 N–H and O–H groups in total. The fourth-order valence-corrected chi connectivity index (χ4v) is 3.06. The predicted molar refractivity (Wildman–Crippen MR) is 78.4 cm³/mol. The molecule has 0 fully saturated rings.